The van der Waals surface area contributed by atoms with E-state index in [4.69, 9.17) is 0 Å². The van der Waals surface area contributed by atoms with E-state index in [0.29, 0.717) is 6.42 Å². The van der Waals surface area contributed by atoms with Crippen LogP contribution in [-0.4, -0.2) is 10.9 Å². The lowest BCUT2D eigenvalue weighted by molar-refractivity contribution is -0.121. The summed E-state index contributed by atoms with van der Waals surface area (Å²) in [6.07, 6.45) is 4.00. The first-order valence-corrected chi connectivity index (χ1v) is 5.62. The molecule has 1 aromatic carbocycles. The van der Waals surface area contributed by atoms with Gasteiger partial charge in [-0.05, 0) is 22.8 Å². The third-order valence-electron chi connectivity index (χ3n) is 3.04. The number of benzene rings is 1. The highest BCUT2D eigenvalue weighted by atomic mass is 16.1. The van der Waals surface area contributed by atoms with Crippen molar-refractivity contribution < 1.29 is 4.79 Å². The average molecular weight is 224 g/mol. The van der Waals surface area contributed by atoms with E-state index in [1.54, 1.807) is 12.4 Å². The van der Waals surface area contributed by atoms with Crippen molar-refractivity contribution in [3.63, 3.8) is 0 Å². The van der Waals surface area contributed by atoms with Crippen LogP contribution in [0, 0.1) is 0 Å². The van der Waals surface area contributed by atoms with Gasteiger partial charge < -0.3 is 5.32 Å². The van der Waals surface area contributed by atoms with Crippen molar-refractivity contribution in [2.24, 2.45) is 0 Å². The van der Waals surface area contributed by atoms with Crippen LogP contribution in [0.2, 0.25) is 0 Å². The molecule has 0 saturated carbocycles. The van der Waals surface area contributed by atoms with Crippen LogP contribution in [0.5, 0.6) is 0 Å². The van der Waals surface area contributed by atoms with Crippen LogP contribution in [0.4, 0.5) is 0 Å². The Kier molecular flexibility index (Phi) is 2.37. The molecule has 1 unspecified atom stereocenters. The van der Waals surface area contributed by atoms with E-state index in [-0.39, 0.29) is 11.9 Å². The molecular formula is C14H12N2O. The summed E-state index contributed by atoms with van der Waals surface area (Å²) in [7, 11) is 0. The number of hydrogen-bond acceptors (Lipinski definition) is 2. The standard InChI is InChI=1S/C14H12N2O/c17-13-8-10-4-1-2-6-12(10)14(16-13)11-5-3-7-15-9-11/h1-7,9,14H,8H2,(H,16,17). The minimum Gasteiger partial charge on any atom is -0.345 e. The first kappa shape index (κ1) is 10.0. The van der Waals surface area contributed by atoms with E-state index in [1.807, 2.05) is 30.3 Å². The molecule has 2 aromatic rings. The summed E-state index contributed by atoms with van der Waals surface area (Å²) in [5.74, 6) is 0.0672. The first-order chi connectivity index (χ1) is 8.34. The van der Waals surface area contributed by atoms with Crippen LogP contribution < -0.4 is 5.32 Å². The quantitative estimate of drug-likeness (QED) is 0.803. The molecule has 0 bridgehead atoms. The van der Waals surface area contributed by atoms with Crippen molar-refractivity contribution in [2.45, 2.75) is 12.5 Å². The van der Waals surface area contributed by atoms with Gasteiger partial charge in [-0.2, -0.15) is 0 Å². The fourth-order valence-corrected chi connectivity index (χ4v) is 2.25. The van der Waals surface area contributed by atoms with Crippen LogP contribution in [0.25, 0.3) is 0 Å². The molecule has 3 nitrogen and oxygen atoms in total. The lowest BCUT2D eigenvalue weighted by Gasteiger charge is -2.26. The monoisotopic (exact) mass is 224 g/mol. The van der Waals surface area contributed by atoms with Crippen LogP contribution in [-0.2, 0) is 11.2 Å². The van der Waals surface area contributed by atoms with Crippen LogP contribution in [0.15, 0.2) is 48.8 Å². The molecule has 0 spiro atoms. The number of fused-ring (bicyclic) bond motifs is 1. The second-order valence-electron chi connectivity index (χ2n) is 4.16. The normalized spacial score (nSPS) is 18.4. The first-order valence-electron chi connectivity index (χ1n) is 5.62. The summed E-state index contributed by atoms with van der Waals surface area (Å²) < 4.78 is 0. The Bertz CT molecular complexity index is 551. The van der Waals surface area contributed by atoms with E-state index in [2.05, 4.69) is 16.4 Å². The summed E-state index contributed by atoms with van der Waals surface area (Å²) in [5.41, 5.74) is 3.29. The highest BCUT2D eigenvalue weighted by molar-refractivity contribution is 5.82. The lowest BCUT2D eigenvalue weighted by atomic mass is 9.90. The molecular weight excluding hydrogens is 212 g/mol. The highest BCUT2D eigenvalue weighted by Gasteiger charge is 2.24. The van der Waals surface area contributed by atoms with Crippen molar-refractivity contribution >= 4 is 5.91 Å². The van der Waals surface area contributed by atoms with Gasteiger partial charge in [-0.15, -0.1) is 0 Å². The Labute approximate surface area is 99.5 Å². The van der Waals surface area contributed by atoms with Gasteiger partial charge in [0.2, 0.25) is 5.91 Å². The Morgan fingerprint density at radius 1 is 1.18 bits per heavy atom. The number of aromatic nitrogens is 1. The second kappa shape index (κ2) is 4.01. The summed E-state index contributed by atoms with van der Waals surface area (Å²) in [6.45, 7) is 0. The molecule has 17 heavy (non-hydrogen) atoms. The van der Waals surface area contributed by atoms with E-state index in [9.17, 15) is 4.79 Å². The zero-order valence-electron chi connectivity index (χ0n) is 9.26. The van der Waals surface area contributed by atoms with Crippen LogP contribution >= 0.6 is 0 Å². The summed E-state index contributed by atoms with van der Waals surface area (Å²) in [5, 5.41) is 3.01. The van der Waals surface area contributed by atoms with Crippen molar-refractivity contribution in [3.8, 4) is 0 Å². The minimum absolute atomic E-state index is 0.0672. The van der Waals surface area contributed by atoms with Gasteiger partial charge in [0.15, 0.2) is 0 Å². The molecule has 2 heterocycles. The van der Waals surface area contributed by atoms with Crippen LogP contribution in [0.1, 0.15) is 22.7 Å². The predicted molar refractivity (Wildman–Crippen MR) is 64.4 cm³/mol. The molecule has 3 heteroatoms. The Morgan fingerprint density at radius 2 is 2.06 bits per heavy atom. The molecule has 1 aliphatic rings. The van der Waals surface area contributed by atoms with Crippen LogP contribution in [0.3, 0.4) is 0 Å². The number of nitrogens with one attached hydrogen (secondary N) is 1. The van der Waals surface area contributed by atoms with Gasteiger partial charge in [-0.3, -0.25) is 9.78 Å². The zero-order chi connectivity index (χ0) is 11.7. The summed E-state index contributed by atoms with van der Waals surface area (Å²) >= 11 is 0. The SMILES string of the molecule is O=C1Cc2ccccc2C(c2cccnc2)N1. The molecule has 1 N–H and O–H groups in total. The van der Waals surface area contributed by atoms with E-state index in [1.165, 1.54) is 5.56 Å². The molecule has 84 valence electrons. The molecule has 0 radical (unpaired) electrons. The van der Waals surface area contributed by atoms with E-state index in [0.717, 1.165) is 11.1 Å². The van der Waals surface area contributed by atoms with Gasteiger partial charge in [0, 0.05) is 12.4 Å². The number of pyridine rings is 1. The third kappa shape index (κ3) is 1.80. The number of rotatable bonds is 1. The van der Waals surface area contributed by atoms with Crippen molar-refractivity contribution in [3.05, 3.63) is 65.5 Å². The zero-order valence-corrected chi connectivity index (χ0v) is 9.26. The Morgan fingerprint density at radius 3 is 2.88 bits per heavy atom. The van der Waals surface area contributed by atoms with E-state index >= 15 is 0 Å². The fourth-order valence-electron chi connectivity index (χ4n) is 2.25. The Balaban J connectivity index is 2.10. The molecule has 1 atom stereocenters. The maximum absolute atomic E-state index is 11.7. The third-order valence-corrected chi connectivity index (χ3v) is 3.04. The molecule has 3 rings (SSSR count). The summed E-state index contributed by atoms with van der Waals surface area (Å²) in [4.78, 5) is 15.8. The molecule has 1 aliphatic heterocycles. The van der Waals surface area contributed by atoms with Crippen molar-refractivity contribution in [2.75, 3.05) is 0 Å². The number of carbonyl (C=O) groups excluding carboxylic acids is 1. The van der Waals surface area contributed by atoms with Gasteiger partial charge in [0.05, 0.1) is 12.5 Å². The van der Waals surface area contributed by atoms with Gasteiger partial charge >= 0.3 is 0 Å². The van der Waals surface area contributed by atoms with Gasteiger partial charge in [-0.1, -0.05) is 30.3 Å². The molecule has 1 amide bonds. The fraction of sp³-hybridized carbons (Fsp3) is 0.143. The predicted octanol–water partition coefficient (Wildman–Crippen LogP) is 1.84. The number of amides is 1. The molecule has 1 aromatic heterocycles. The number of carbonyl (C=O) groups is 1. The van der Waals surface area contributed by atoms with Gasteiger partial charge in [0.25, 0.3) is 0 Å². The maximum atomic E-state index is 11.7. The molecule has 0 saturated heterocycles. The second-order valence-corrected chi connectivity index (χ2v) is 4.16. The smallest absolute Gasteiger partial charge is 0.225 e. The van der Waals surface area contributed by atoms with Gasteiger partial charge in [-0.25, -0.2) is 0 Å². The molecule has 0 fully saturated rings. The summed E-state index contributed by atoms with van der Waals surface area (Å²) in [6, 6.07) is 11.8. The van der Waals surface area contributed by atoms with E-state index < -0.39 is 0 Å². The van der Waals surface area contributed by atoms with Crippen molar-refractivity contribution in [1.29, 1.82) is 0 Å². The Hall–Kier alpha value is -2.16. The average Bonchev–Trinajstić information content (AvgIpc) is 2.39. The largest absolute Gasteiger partial charge is 0.345 e. The number of nitrogens with zero attached hydrogens (tertiary/aromatic N) is 1. The van der Waals surface area contributed by atoms with Crippen molar-refractivity contribution in [1.82, 2.24) is 10.3 Å². The lowest BCUT2D eigenvalue weighted by Crippen LogP contribution is -2.35. The molecule has 0 aliphatic carbocycles. The minimum atomic E-state index is -0.0684. The van der Waals surface area contributed by atoms with Gasteiger partial charge in [0.1, 0.15) is 0 Å². The topological polar surface area (TPSA) is 42.0 Å². The number of hydrogen-bond donors (Lipinski definition) is 1. The highest BCUT2D eigenvalue weighted by Crippen LogP contribution is 2.28. The maximum Gasteiger partial charge on any atom is 0.225 e.